The van der Waals surface area contributed by atoms with E-state index in [1.54, 1.807) is 0 Å². The predicted octanol–water partition coefficient (Wildman–Crippen LogP) is 15.6. The Hall–Kier alpha value is -8.67. The Morgan fingerprint density at radius 3 is 1.47 bits per heavy atom. The summed E-state index contributed by atoms with van der Waals surface area (Å²) in [6, 6.07) is 73.5. The van der Waals surface area contributed by atoms with Crippen LogP contribution in [0.5, 0.6) is 0 Å². The minimum Gasteiger partial charge on any atom is -0.455 e. The average Bonchev–Trinajstić information content (AvgIpc) is 3.90. The summed E-state index contributed by atoms with van der Waals surface area (Å²) in [5.41, 5.74) is 7.83. The molecule has 296 valence electrons. The molecule has 0 radical (unpaired) electrons. The Bertz CT molecular complexity index is 4180. The van der Waals surface area contributed by atoms with Crippen LogP contribution in [0.25, 0.3) is 137 Å². The SMILES string of the molecule is c1ccc2cc(-c3nc(-c4ccc5ccccc5c4)nc(-c4ccc5oc6c7ccccc7c(-n7c8cc9ccccc9cc8c8c9ccccc9ccc87)cc6c5c4)n3)ccc2c1. The molecular weight excluding hydrogens is 781 g/mol. The highest BCUT2D eigenvalue weighted by Gasteiger charge is 2.22. The molecule has 0 unspecified atom stereocenters. The van der Waals surface area contributed by atoms with Crippen molar-refractivity contribution in [2.45, 2.75) is 0 Å². The topological polar surface area (TPSA) is 56.7 Å². The zero-order valence-corrected chi connectivity index (χ0v) is 34.3. The highest BCUT2D eigenvalue weighted by molar-refractivity contribution is 6.25. The van der Waals surface area contributed by atoms with Crippen LogP contribution in [-0.4, -0.2) is 19.5 Å². The third kappa shape index (κ3) is 5.28. The van der Waals surface area contributed by atoms with Crippen molar-refractivity contribution >= 4 is 97.6 Å². The van der Waals surface area contributed by atoms with Crippen LogP contribution < -0.4 is 0 Å². The number of benzene rings is 11. The van der Waals surface area contributed by atoms with Gasteiger partial charge in [-0.05, 0) is 97.7 Å². The maximum Gasteiger partial charge on any atom is 0.164 e. The highest BCUT2D eigenvalue weighted by Crippen LogP contribution is 2.44. The van der Waals surface area contributed by atoms with Crippen molar-refractivity contribution in [3.05, 3.63) is 206 Å². The monoisotopic (exact) mass is 814 g/mol. The molecule has 14 aromatic rings. The van der Waals surface area contributed by atoms with Gasteiger partial charge in [-0.25, -0.2) is 15.0 Å². The molecule has 0 N–H and O–H groups in total. The summed E-state index contributed by atoms with van der Waals surface area (Å²) in [5, 5.41) is 16.2. The molecule has 0 aliphatic rings. The normalized spacial score (nSPS) is 12.1. The van der Waals surface area contributed by atoms with Gasteiger partial charge in [-0.1, -0.05) is 152 Å². The van der Waals surface area contributed by atoms with Crippen LogP contribution in [0.1, 0.15) is 0 Å². The van der Waals surface area contributed by atoms with Crippen LogP contribution in [0.4, 0.5) is 0 Å². The number of nitrogens with zero attached hydrogens (tertiary/aromatic N) is 4. The lowest BCUT2D eigenvalue weighted by Gasteiger charge is -2.13. The van der Waals surface area contributed by atoms with E-state index in [0.29, 0.717) is 17.5 Å². The maximum atomic E-state index is 6.82. The van der Waals surface area contributed by atoms with Crippen LogP contribution in [0, 0.1) is 0 Å². The Morgan fingerprint density at radius 1 is 0.312 bits per heavy atom. The van der Waals surface area contributed by atoms with Gasteiger partial charge in [0.25, 0.3) is 0 Å². The fraction of sp³-hybridized carbons (Fsp3) is 0. The first-order chi connectivity index (χ1) is 31.7. The summed E-state index contributed by atoms with van der Waals surface area (Å²) in [6.07, 6.45) is 0. The second-order valence-corrected chi connectivity index (χ2v) is 16.8. The highest BCUT2D eigenvalue weighted by atomic mass is 16.3. The molecule has 11 aromatic carbocycles. The molecule has 0 atom stereocenters. The van der Waals surface area contributed by atoms with E-state index in [9.17, 15) is 0 Å². The van der Waals surface area contributed by atoms with Crippen molar-refractivity contribution < 1.29 is 4.42 Å². The Balaban J connectivity index is 1.02. The van der Waals surface area contributed by atoms with E-state index in [2.05, 4.69) is 211 Å². The Labute approximate surface area is 366 Å². The number of hydrogen-bond donors (Lipinski definition) is 0. The molecule has 14 rings (SSSR count). The van der Waals surface area contributed by atoms with Gasteiger partial charge in [0.2, 0.25) is 0 Å². The van der Waals surface area contributed by atoms with Gasteiger partial charge in [0.1, 0.15) is 11.2 Å². The first-order valence-electron chi connectivity index (χ1n) is 21.7. The Morgan fingerprint density at radius 2 is 0.812 bits per heavy atom. The summed E-state index contributed by atoms with van der Waals surface area (Å²) in [4.78, 5) is 15.6. The number of aromatic nitrogens is 4. The van der Waals surface area contributed by atoms with E-state index in [0.717, 1.165) is 76.9 Å². The molecule has 3 aromatic heterocycles. The van der Waals surface area contributed by atoms with Crippen molar-refractivity contribution in [2.75, 3.05) is 0 Å². The first-order valence-corrected chi connectivity index (χ1v) is 21.7. The number of furan rings is 1. The van der Waals surface area contributed by atoms with E-state index in [-0.39, 0.29) is 0 Å². The van der Waals surface area contributed by atoms with Crippen molar-refractivity contribution in [2.24, 2.45) is 0 Å². The number of hydrogen-bond acceptors (Lipinski definition) is 4. The molecule has 5 nitrogen and oxygen atoms in total. The third-order valence-corrected chi connectivity index (χ3v) is 13.1. The van der Waals surface area contributed by atoms with E-state index in [4.69, 9.17) is 19.4 Å². The minimum absolute atomic E-state index is 0.597. The fourth-order valence-corrected chi connectivity index (χ4v) is 10.1. The maximum absolute atomic E-state index is 6.82. The summed E-state index contributed by atoms with van der Waals surface area (Å²) >= 11 is 0. The number of rotatable bonds is 4. The standard InChI is InChI=1S/C59H34N4O/c1-3-14-38-29-42(23-21-35(38)11-1)57-60-58(43-24-22-36-12-2-4-15-39(36)30-43)62-59(61-57)44-26-28-54-48(32-44)49-34-53(46-19-9-10-20-47(46)56(49)64-54)63-51-27-25-37-13-7-8-18-45(37)55(51)50-31-40-16-5-6-17-41(40)33-52(50)63/h1-34H. The molecule has 0 aliphatic carbocycles. The lowest BCUT2D eigenvalue weighted by molar-refractivity contribution is 0.672. The van der Waals surface area contributed by atoms with Gasteiger partial charge in [0, 0.05) is 49.0 Å². The van der Waals surface area contributed by atoms with Crippen LogP contribution in [0.2, 0.25) is 0 Å². The van der Waals surface area contributed by atoms with Crippen LogP contribution >= 0.6 is 0 Å². The molecule has 5 heteroatoms. The zero-order valence-electron chi connectivity index (χ0n) is 34.3. The van der Waals surface area contributed by atoms with Gasteiger partial charge in [0.15, 0.2) is 17.5 Å². The third-order valence-electron chi connectivity index (χ3n) is 13.1. The molecule has 0 saturated carbocycles. The summed E-state index contributed by atoms with van der Waals surface area (Å²) in [5.74, 6) is 1.84. The fourth-order valence-electron chi connectivity index (χ4n) is 10.1. The van der Waals surface area contributed by atoms with Gasteiger partial charge in [-0.3, -0.25) is 0 Å². The van der Waals surface area contributed by atoms with Crippen molar-refractivity contribution in [1.29, 1.82) is 0 Å². The van der Waals surface area contributed by atoms with Crippen LogP contribution in [0.15, 0.2) is 211 Å². The molecule has 0 bridgehead atoms. The molecule has 0 aliphatic heterocycles. The first kappa shape index (κ1) is 35.0. The van der Waals surface area contributed by atoms with E-state index in [1.165, 1.54) is 43.1 Å². The zero-order chi connectivity index (χ0) is 41.9. The summed E-state index contributed by atoms with van der Waals surface area (Å²) in [6.45, 7) is 0. The van der Waals surface area contributed by atoms with Gasteiger partial charge < -0.3 is 8.98 Å². The van der Waals surface area contributed by atoms with Gasteiger partial charge in [-0.15, -0.1) is 0 Å². The van der Waals surface area contributed by atoms with Crippen molar-refractivity contribution in [3.8, 4) is 39.9 Å². The molecule has 0 fully saturated rings. The lowest BCUT2D eigenvalue weighted by atomic mass is 10.0. The van der Waals surface area contributed by atoms with Crippen molar-refractivity contribution in [1.82, 2.24) is 19.5 Å². The second-order valence-electron chi connectivity index (χ2n) is 16.8. The molecule has 0 amide bonds. The van der Waals surface area contributed by atoms with E-state index < -0.39 is 0 Å². The van der Waals surface area contributed by atoms with E-state index >= 15 is 0 Å². The Kier molecular flexibility index (Phi) is 7.33. The molecular formula is C59H34N4O. The van der Waals surface area contributed by atoms with Gasteiger partial charge in [-0.2, -0.15) is 0 Å². The largest absolute Gasteiger partial charge is 0.455 e. The van der Waals surface area contributed by atoms with Gasteiger partial charge >= 0.3 is 0 Å². The number of fused-ring (bicyclic) bond motifs is 13. The van der Waals surface area contributed by atoms with Gasteiger partial charge in [0.05, 0.1) is 16.7 Å². The predicted molar refractivity (Wildman–Crippen MR) is 265 cm³/mol. The van der Waals surface area contributed by atoms with Crippen molar-refractivity contribution in [3.63, 3.8) is 0 Å². The van der Waals surface area contributed by atoms with Crippen LogP contribution in [0.3, 0.4) is 0 Å². The molecule has 0 spiro atoms. The van der Waals surface area contributed by atoms with Crippen LogP contribution in [-0.2, 0) is 0 Å². The summed E-state index contributed by atoms with van der Waals surface area (Å²) in [7, 11) is 0. The lowest BCUT2D eigenvalue weighted by Crippen LogP contribution is -2.00. The molecule has 3 heterocycles. The summed E-state index contributed by atoms with van der Waals surface area (Å²) < 4.78 is 9.29. The quantitative estimate of drug-likeness (QED) is 0.178. The van der Waals surface area contributed by atoms with E-state index in [1.807, 2.05) is 0 Å². The molecule has 64 heavy (non-hydrogen) atoms. The molecule has 0 saturated heterocycles. The average molecular weight is 815 g/mol. The minimum atomic E-state index is 0.597. The second kappa shape index (κ2) is 13.4. The smallest absolute Gasteiger partial charge is 0.164 e.